The van der Waals surface area contributed by atoms with Gasteiger partial charge < -0.3 is 19.4 Å². The number of carboxylic acids is 1. The molecule has 0 spiro atoms. The Balaban J connectivity index is 1.33. The van der Waals surface area contributed by atoms with E-state index in [9.17, 15) is 19.5 Å². The van der Waals surface area contributed by atoms with Crippen LogP contribution in [0.5, 0.6) is 11.5 Å². The van der Waals surface area contributed by atoms with Crippen LogP contribution in [-0.2, 0) is 25.6 Å². The molecule has 1 aromatic carbocycles. The molecule has 9 heteroatoms. The molecular formula is C21H22N2O7. The SMILES string of the molecule is COc1ccc(CCN2C(=O)[C@@H]3[C@H]4C[C@@H]([C@@H]5C(C(=O)O)=NO[C@H]45)[C@@H]3C2=O)cc1OC. The fraction of sp³-hybridized carbons (Fsp3) is 0.524. The summed E-state index contributed by atoms with van der Waals surface area (Å²) in [7, 11) is 3.12. The van der Waals surface area contributed by atoms with E-state index in [0.717, 1.165) is 5.56 Å². The van der Waals surface area contributed by atoms with Crippen molar-refractivity contribution >= 4 is 23.5 Å². The van der Waals surface area contributed by atoms with Gasteiger partial charge in [-0.2, -0.15) is 0 Å². The van der Waals surface area contributed by atoms with Gasteiger partial charge in [-0.1, -0.05) is 11.2 Å². The zero-order valence-electron chi connectivity index (χ0n) is 16.6. The Labute approximate surface area is 172 Å². The van der Waals surface area contributed by atoms with E-state index >= 15 is 0 Å². The van der Waals surface area contributed by atoms with Crippen molar-refractivity contribution in [3.05, 3.63) is 23.8 Å². The van der Waals surface area contributed by atoms with Crippen LogP contribution in [0.4, 0.5) is 0 Å². The fourth-order valence-electron chi connectivity index (χ4n) is 5.86. The molecule has 6 atom stereocenters. The number of imide groups is 1. The molecule has 0 radical (unpaired) electrons. The summed E-state index contributed by atoms with van der Waals surface area (Å²) in [4.78, 5) is 44.4. The Morgan fingerprint density at radius 1 is 1.13 bits per heavy atom. The van der Waals surface area contributed by atoms with E-state index in [-0.39, 0.29) is 35.9 Å². The molecule has 2 heterocycles. The zero-order valence-corrected chi connectivity index (χ0v) is 16.6. The maximum Gasteiger partial charge on any atom is 0.354 e. The highest BCUT2D eigenvalue weighted by Crippen LogP contribution is 2.61. The van der Waals surface area contributed by atoms with Crippen LogP contribution in [0.1, 0.15) is 12.0 Å². The number of fused-ring (bicyclic) bond motifs is 8. The Bertz CT molecular complexity index is 974. The second-order valence-corrected chi connectivity index (χ2v) is 8.26. The first-order valence-corrected chi connectivity index (χ1v) is 9.99. The van der Waals surface area contributed by atoms with Crippen LogP contribution >= 0.6 is 0 Å². The van der Waals surface area contributed by atoms with E-state index in [0.29, 0.717) is 24.3 Å². The Kier molecular flexibility index (Phi) is 4.23. The molecule has 9 nitrogen and oxygen atoms in total. The molecule has 1 N–H and O–H groups in total. The van der Waals surface area contributed by atoms with Gasteiger partial charge in [-0.05, 0) is 36.5 Å². The van der Waals surface area contributed by atoms with E-state index in [2.05, 4.69) is 5.16 Å². The van der Waals surface area contributed by atoms with Gasteiger partial charge in [0.2, 0.25) is 11.8 Å². The van der Waals surface area contributed by atoms with Gasteiger partial charge in [0.25, 0.3) is 0 Å². The summed E-state index contributed by atoms with van der Waals surface area (Å²) in [5.41, 5.74) is 0.906. The van der Waals surface area contributed by atoms with Gasteiger partial charge >= 0.3 is 5.97 Å². The fourth-order valence-corrected chi connectivity index (χ4v) is 5.86. The van der Waals surface area contributed by atoms with Gasteiger partial charge in [-0.3, -0.25) is 14.5 Å². The number of nitrogens with zero attached hydrogens (tertiary/aromatic N) is 2. The first kappa shape index (κ1) is 18.9. The molecule has 2 amide bonds. The van der Waals surface area contributed by atoms with Gasteiger partial charge in [-0.15, -0.1) is 0 Å². The van der Waals surface area contributed by atoms with Crippen LogP contribution in [0.25, 0.3) is 0 Å². The lowest BCUT2D eigenvalue weighted by atomic mass is 9.72. The van der Waals surface area contributed by atoms with Crippen molar-refractivity contribution in [3.63, 3.8) is 0 Å². The number of methoxy groups -OCH3 is 2. The highest BCUT2D eigenvalue weighted by molar-refractivity contribution is 6.37. The second kappa shape index (κ2) is 6.72. The summed E-state index contributed by atoms with van der Waals surface area (Å²) in [5, 5.41) is 13.1. The largest absolute Gasteiger partial charge is 0.493 e. The minimum absolute atomic E-state index is 0.0185. The summed E-state index contributed by atoms with van der Waals surface area (Å²) in [6.07, 6.45) is 0.723. The number of rotatable bonds is 6. The number of hydrogen-bond acceptors (Lipinski definition) is 7. The monoisotopic (exact) mass is 414 g/mol. The minimum atomic E-state index is -1.12. The molecule has 158 valence electrons. The van der Waals surface area contributed by atoms with Gasteiger partial charge in [0, 0.05) is 12.5 Å². The minimum Gasteiger partial charge on any atom is -0.493 e. The predicted molar refractivity (Wildman–Crippen MR) is 102 cm³/mol. The van der Waals surface area contributed by atoms with Crippen molar-refractivity contribution in [3.8, 4) is 11.5 Å². The van der Waals surface area contributed by atoms with Crippen molar-refractivity contribution in [2.24, 2.45) is 34.7 Å². The Morgan fingerprint density at radius 2 is 1.83 bits per heavy atom. The first-order chi connectivity index (χ1) is 14.5. The van der Waals surface area contributed by atoms with Gasteiger partial charge in [0.15, 0.2) is 17.2 Å². The van der Waals surface area contributed by atoms with Crippen molar-refractivity contribution in [1.82, 2.24) is 4.90 Å². The predicted octanol–water partition coefficient (Wildman–Crippen LogP) is 0.953. The van der Waals surface area contributed by atoms with E-state index in [1.165, 1.54) is 4.90 Å². The maximum absolute atomic E-state index is 13.1. The number of oxime groups is 1. The molecule has 5 rings (SSSR count). The van der Waals surface area contributed by atoms with E-state index in [4.69, 9.17) is 14.3 Å². The van der Waals surface area contributed by atoms with Crippen LogP contribution in [0.3, 0.4) is 0 Å². The lowest BCUT2D eigenvalue weighted by Crippen LogP contribution is -2.42. The summed E-state index contributed by atoms with van der Waals surface area (Å²) in [6, 6.07) is 5.51. The quantitative estimate of drug-likeness (QED) is 0.689. The molecule has 3 fully saturated rings. The standard InChI is InChI=1S/C21H22N2O7/c1-28-12-4-3-9(7-13(12)29-2)5-6-23-19(24)14-10-8-11(15(14)20(23)25)18-16(10)17(21(26)27)22-30-18/h3-4,7,10-11,14-16,18H,5-6,8H2,1-2H3,(H,26,27)/t10-,11-,14+,15-,16-,18-/m1/s1. The number of ether oxygens (including phenoxy) is 2. The molecule has 4 aliphatic rings. The van der Waals surface area contributed by atoms with Gasteiger partial charge in [0.05, 0.1) is 32.0 Å². The summed E-state index contributed by atoms with van der Waals surface area (Å²) in [5.74, 6) is -1.96. The van der Waals surface area contributed by atoms with E-state index in [1.807, 2.05) is 12.1 Å². The Hall–Kier alpha value is -3.10. The topological polar surface area (TPSA) is 115 Å². The number of likely N-dealkylation sites (tertiary alicyclic amines) is 1. The lowest BCUT2D eigenvalue weighted by molar-refractivity contribution is -0.141. The molecular weight excluding hydrogens is 392 g/mol. The number of carbonyl (C=O) groups excluding carboxylic acids is 2. The molecule has 2 saturated carbocycles. The summed E-state index contributed by atoms with van der Waals surface area (Å²) in [6.45, 7) is 0.273. The number of carboxylic acid groups (broad SMARTS) is 1. The maximum atomic E-state index is 13.1. The van der Waals surface area contributed by atoms with Gasteiger partial charge in [-0.25, -0.2) is 4.79 Å². The Morgan fingerprint density at radius 3 is 2.50 bits per heavy atom. The average Bonchev–Trinajstić information content (AvgIpc) is 3.47. The number of benzene rings is 1. The van der Waals surface area contributed by atoms with Crippen LogP contribution in [0.15, 0.2) is 23.4 Å². The molecule has 2 aliphatic carbocycles. The van der Waals surface area contributed by atoms with Crippen molar-refractivity contribution in [2.75, 3.05) is 20.8 Å². The van der Waals surface area contributed by atoms with Gasteiger partial charge in [0.1, 0.15) is 6.10 Å². The third-order valence-corrected chi connectivity index (χ3v) is 7.07. The first-order valence-electron chi connectivity index (χ1n) is 9.99. The highest BCUT2D eigenvalue weighted by Gasteiger charge is 2.70. The number of carbonyl (C=O) groups is 3. The van der Waals surface area contributed by atoms with Crippen LogP contribution in [0, 0.1) is 29.6 Å². The van der Waals surface area contributed by atoms with Crippen molar-refractivity contribution in [2.45, 2.75) is 18.9 Å². The van der Waals surface area contributed by atoms with Crippen LogP contribution in [0.2, 0.25) is 0 Å². The normalized spacial score (nSPS) is 33.3. The van der Waals surface area contributed by atoms with Crippen molar-refractivity contribution < 1.29 is 33.8 Å². The molecule has 2 aliphatic heterocycles. The average molecular weight is 414 g/mol. The molecule has 0 aromatic heterocycles. The third kappa shape index (κ3) is 2.47. The molecule has 1 saturated heterocycles. The lowest BCUT2D eigenvalue weighted by Gasteiger charge is -2.29. The molecule has 2 bridgehead atoms. The summed E-state index contributed by atoms with van der Waals surface area (Å²) < 4.78 is 10.6. The number of hydrogen-bond donors (Lipinski definition) is 1. The third-order valence-electron chi connectivity index (χ3n) is 7.07. The highest BCUT2D eigenvalue weighted by atomic mass is 16.6. The molecule has 0 unspecified atom stereocenters. The molecule has 1 aromatic rings. The zero-order chi connectivity index (χ0) is 21.2. The smallest absolute Gasteiger partial charge is 0.354 e. The second-order valence-electron chi connectivity index (χ2n) is 8.26. The van der Waals surface area contributed by atoms with Crippen molar-refractivity contribution in [1.29, 1.82) is 0 Å². The van der Waals surface area contributed by atoms with Crippen LogP contribution < -0.4 is 9.47 Å². The number of aliphatic carboxylic acids is 1. The van der Waals surface area contributed by atoms with Crippen LogP contribution in [-0.4, -0.2) is 60.4 Å². The number of amides is 2. The van der Waals surface area contributed by atoms with E-state index < -0.39 is 29.8 Å². The molecule has 30 heavy (non-hydrogen) atoms. The summed E-state index contributed by atoms with van der Waals surface area (Å²) >= 11 is 0. The van der Waals surface area contributed by atoms with E-state index in [1.54, 1.807) is 20.3 Å².